The van der Waals surface area contributed by atoms with Gasteiger partial charge >= 0.3 is 6.03 Å². The molecule has 1 fully saturated rings. The van der Waals surface area contributed by atoms with E-state index in [9.17, 15) is 9.59 Å². The van der Waals surface area contributed by atoms with Crippen molar-refractivity contribution >= 4 is 18.2 Å². The van der Waals surface area contributed by atoms with E-state index in [1.54, 1.807) is 44.4 Å². The van der Waals surface area contributed by atoms with Crippen LogP contribution in [0.4, 0.5) is 4.79 Å². The average Bonchev–Trinajstić information content (AvgIpc) is 2.94. The quantitative estimate of drug-likeness (QED) is 0.574. The van der Waals surface area contributed by atoms with Gasteiger partial charge in [-0.25, -0.2) is 4.79 Å². The van der Waals surface area contributed by atoms with Gasteiger partial charge in [0.15, 0.2) is 11.5 Å². The molecule has 0 aromatic heterocycles. The molecule has 1 atom stereocenters. The van der Waals surface area contributed by atoms with Gasteiger partial charge in [-0.1, -0.05) is 44.2 Å². The van der Waals surface area contributed by atoms with Crippen LogP contribution in [0.15, 0.2) is 53.6 Å². The normalized spacial score (nSPS) is 19.1. The molecule has 0 unspecified atom stereocenters. The van der Waals surface area contributed by atoms with Crippen LogP contribution in [0.25, 0.3) is 0 Å². The van der Waals surface area contributed by atoms with Crippen LogP contribution in [0.1, 0.15) is 31.9 Å². The summed E-state index contributed by atoms with van der Waals surface area (Å²) in [6.07, 6.45) is 1.45. The standard InChI is InChI=1S/C22H25N3O4/c1-15(2)14-29-18-11-10-16(12-19(18)28-4)13-23-25-20(26)22(3,24-21(25)27)17-8-6-5-7-9-17/h5-13,15H,14H2,1-4H3,(H,24,27)/b23-13-/t22-/m1/s1. The molecule has 29 heavy (non-hydrogen) atoms. The van der Waals surface area contributed by atoms with Crippen molar-refractivity contribution < 1.29 is 19.1 Å². The summed E-state index contributed by atoms with van der Waals surface area (Å²) in [5.74, 6) is 1.14. The van der Waals surface area contributed by atoms with Crippen LogP contribution in [0.5, 0.6) is 11.5 Å². The molecule has 0 radical (unpaired) electrons. The number of ether oxygens (including phenoxy) is 2. The summed E-state index contributed by atoms with van der Waals surface area (Å²) in [5, 5.41) is 7.68. The van der Waals surface area contributed by atoms with Gasteiger partial charge in [-0.3, -0.25) is 4.79 Å². The summed E-state index contributed by atoms with van der Waals surface area (Å²) in [6.45, 7) is 6.37. The molecular formula is C22H25N3O4. The third kappa shape index (κ3) is 4.23. The Morgan fingerprint density at radius 1 is 1.14 bits per heavy atom. The van der Waals surface area contributed by atoms with E-state index in [4.69, 9.17) is 9.47 Å². The number of hydrogen-bond donors (Lipinski definition) is 1. The van der Waals surface area contributed by atoms with Crippen molar-refractivity contribution in [2.24, 2.45) is 11.0 Å². The van der Waals surface area contributed by atoms with E-state index in [0.29, 0.717) is 35.2 Å². The van der Waals surface area contributed by atoms with Gasteiger partial charge in [0.1, 0.15) is 5.54 Å². The minimum atomic E-state index is -1.15. The Balaban J connectivity index is 1.79. The van der Waals surface area contributed by atoms with Gasteiger partial charge in [0.2, 0.25) is 0 Å². The second-order valence-corrected chi connectivity index (χ2v) is 7.40. The first kappa shape index (κ1) is 20.4. The Morgan fingerprint density at radius 3 is 2.52 bits per heavy atom. The molecular weight excluding hydrogens is 370 g/mol. The maximum atomic E-state index is 12.9. The number of imide groups is 1. The van der Waals surface area contributed by atoms with E-state index in [-0.39, 0.29) is 0 Å². The highest BCUT2D eigenvalue weighted by atomic mass is 16.5. The fraction of sp³-hybridized carbons (Fsp3) is 0.318. The molecule has 7 heteroatoms. The smallest absolute Gasteiger partial charge is 0.346 e. The fourth-order valence-corrected chi connectivity index (χ4v) is 2.96. The van der Waals surface area contributed by atoms with Gasteiger partial charge in [-0.2, -0.15) is 5.10 Å². The lowest BCUT2D eigenvalue weighted by Gasteiger charge is -2.20. The topological polar surface area (TPSA) is 80.2 Å². The highest BCUT2D eigenvalue weighted by Gasteiger charge is 2.49. The summed E-state index contributed by atoms with van der Waals surface area (Å²) in [6, 6.07) is 13.8. The third-order valence-corrected chi connectivity index (χ3v) is 4.60. The van der Waals surface area contributed by atoms with E-state index < -0.39 is 17.5 Å². The molecule has 2 aromatic carbocycles. The van der Waals surface area contributed by atoms with Gasteiger partial charge in [0.05, 0.1) is 19.9 Å². The minimum absolute atomic E-state index is 0.388. The Morgan fingerprint density at radius 2 is 1.86 bits per heavy atom. The van der Waals surface area contributed by atoms with Crippen molar-refractivity contribution in [3.8, 4) is 11.5 Å². The fourth-order valence-electron chi connectivity index (χ4n) is 2.96. The summed E-state index contributed by atoms with van der Waals surface area (Å²) in [7, 11) is 1.56. The number of carbonyl (C=O) groups is 2. The monoisotopic (exact) mass is 395 g/mol. The van der Waals surface area contributed by atoms with Gasteiger partial charge in [-0.05, 0) is 42.2 Å². The lowest BCUT2D eigenvalue weighted by Crippen LogP contribution is -2.40. The number of carbonyl (C=O) groups excluding carboxylic acids is 2. The summed E-state index contributed by atoms with van der Waals surface area (Å²) in [4.78, 5) is 25.2. The zero-order valence-corrected chi connectivity index (χ0v) is 17.0. The second-order valence-electron chi connectivity index (χ2n) is 7.40. The molecule has 7 nitrogen and oxygen atoms in total. The Bertz CT molecular complexity index is 927. The molecule has 0 spiro atoms. The highest BCUT2D eigenvalue weighted by Crippen LogP contribution is 2.30. The molecule has 0 bridgehead atoms. The number of rotatable bonds is 7. The van der Waals surface area contributed by atoms with E-state index in [1.807, 2.05) is 18.2 Å². The number of nitrogens with zero attached hydrogens (tertiary/aromatic N) is 2. The summed E-state index contributed by atoms with van der Waals surface area (Å²) >= 11 is 0. The van der Waals surface area contributed by atoms with Crippen molar-refractivity contribution in [3.63, 3.8) is 0 Å². The first-order valence-corrected chi connectivity index (χ1v) is 9.42. The van der Waals surface area contributed by atoms with Gasteiger partial charge in [-0.15, -0.1) is 5.01 Å². The second kappa shape index (κ2) is 8.34. The number of benzene rings is 2. The van der Waals surface area contributed by atoms with E-state index in [2.05, 4.69) is 24.3 Å². The molecule has 0 aliphatic carbocycles. The Kier molecular flexibility index (Phi) is 5.87. The molecule has 1 saturated heterocycles. The Labute approximate surface area is 170 Å². The van der Waals surface area contributed by atoms with Crippen LogP contribution < -0.4 is 14.8 Å². The van der Waals surface area contributed by atoms with Gasteiger partial charge < -0.3 is 14.8 Å². The van der Waals surface area contributed by atoms with Crippen molar-refractivity contribution in [3.05, 3.63) is 59.7 Å². The van der Waals surface area contributed by atoms with E-state index >= 15 is 0 Å². The van der Waals surface area contributed by atoms with Crippen molar-refractivity contribution in [1.82, 2.24) is 10.3 Å². The van der Waals surface area contributed by atoms with Crippen LogP contribution in [0.3, 0.4) is 0 Å². The summed E-state index contributed by atoms with van der Waals surface area (Å²) in [5.41, 5.74) is 0.221. The van der Waals surface area contributed by atoms with Crippen LogP contribution in [0, 0.1) is 5.92 Å². The third-order valence-electron chi connectivity index (χ3n) is 4.60. The van der Waals surface area contributed by atoms with Gasteiger partial charge in [0, 0.05) is 0 Å². The number of methoxy groups -OCH3 is 1. The van der Waals surface area contributed by atoms with E-state index in [0.717, 1.165) is 5.01 Å². The summed E-state index contributed by atoms with van der Waals surface area (Å²) < 4.78 is 11.1. The van der Waals surface area contributed by atoms with Crippen LogP contribution in [-0.2, 0) is 10.3 Å². The Hall–Kier alpha value is -3.35. The molecule has 2 aromatic rings. The molecule has 1 heterocycles. The lowest BCUT2D eigenvalue weighted by atomic mass is 9.92. The predicted octanol–water partition coefficient (Wildman–Crippen LogP) is 3.53. The highest BCUT2D eigenvalue weighted by molar-refractivity contribution is 6.07. The zero-order chi connectivity index (χ0) is 21.0. The van der Waals surface area contributed by atoms with Gasteiger partial charge in [0.25, 0.3) is 5.91 Å². The van der Waals surface area contributed by atoms with Crippen molar-refractivity contribution in [1.29, 1.82) is 0 Å². The number of urea groups is 1. The molecule has 1 aliphatic heterocycles. The van der Waals surface area contributed by atoms with Crippen LogP contribution in [0.2, 0.25) is 0 Å². The maximum absolute atomic E-state index is 12.9. The van der Waals surface area contributed by atoms with Crippen molar-refractivity contribution in [2.45, 2.75) is 26.3 Å². The van der Waals surface area contributed by atoms with E-state index in [1.165, 1.54) is 6.21 Å². The molecule has 3 amide bonds. The van der Waals surface area contributed by atoms with Crippen LogP contribution >= 0.6 is 0 Å². The van der Waals surface area contributed by atoms with Crippen molar-refractivity contribution in [2.75, 3.05) is 13.7 Å². The molecule has 1 N–H and O–H groups in total. The largest absolute Gasteiger partial charge is 0.493 e. The van der Waals surface area contributed by atoms with Crippen LogP contribution in [-0.4, -0.2) is 36.9 Å². The predicted molar refractivity (Wildman–Crippen MR) is 110 cm³/mol. The number of hydrazone groups is 1. The minimum Gasteiger partial charge on any atom is -0.493 e. The first-order valence-electron chi connectivity index (χ1n) is 9.42. The lowest BCUT2D eigenvalue weighted by molar-refractivity contribution is -0.131. The molecule has 1 aliphatic rings. The first-order chi connectivity index (χ1) is 13.8. The SMILES string of the molecule is COc1cc(/C=N\N2C(=O)N[C@](C)(c3ccccc3)C2=O)ccc1OCC(C)C. The number of amides is 3. The average molecular weight is 395 g/mol. The zero-order valence-electron chi connectivity index (χ0n) is 17.0. The number of nitrogens with one attached hydrogen (secondary N) is 1. The molecule has 0 saturated carbocycles. The number of hydrogen-bond acceptors (Lipinski definition) is 5. The maximum Gasteiger partial charge on any atom is 0.346 e. The molecule has 152 valence electrons. The molecule has 3 rings (SSSR count).